The van der Waals surface area contributed by atoms with E-state index in [1.807, 2.05) is 78.9 Å². The van der Waals surface area contributed by atoms with Crippen LogP contribution in [0.3, 0.4) is 0 Å². The van der Waals surface area contributed by atoms with Gasteiger partial charge in [-0.05, 0) is 95.8 Å². The molecule has 0 unspecified atom stereocenters. The summed E-state index contributed by atoms with van der Waals surface area (Å²) >= 11 is 0. The van der Waals surface area contributed by atoms with Gasteiger partial charge in [-0.3, -0.25) is 19.0 Å². The predicted molar refractivity (Wildman–Crippen MR) is 245 cm³/mol. The number of nitrogens with one attached hydrogen (secondary N) is 1. The molecule has 1 aliphatic heterocycles. The second-order valence-electron chi connectivity index (χ2n) is 15.9. The monoisotopic (exact) mass is 893 g/mol. The quantitative estimate of drug-likeness (QED) is 0.0569. The molecule has 0 bridgehead atoms. The van der Waals surface area contributed by atoms with Crippen molar-refractivity contribution in [1.29, 1.82) is 0 Å². The third-order valence-corrected chi connectivity index (χ3v) is 11.4. The first-order chi connectivity index (χ1) is 31.9. The second kappa shape index (κ2) is 21.5. The number of carbonyl (C=O) groups excluding carboxylic acids is 4. The molecule has 5 aromatic carbocycles. The first-order valence-corrected chi connectivity index (χ1v) is 21.6. The third kappa shape index (κ3) is 11.4. The van der Waals surface area contributed by atoms with Crippen molar-refractivity contribution in [1.82, 2.24) is 9.55 Å². The summed E-state index contributed by atoms with van der Waals surface area (Å²) in [6.07, 6.45) is -0.255. The van der Waals surface area contributed by atoms with Crippen molar-refractivity contribution in [3.8, 4) is 17.2 Å². The summed E-state index contributed by atoms with van der Waals surface area (Å²) in [6, 6.07) is 39.5. The van der Waals surface area contributed by atoms with Gasteiger partial charge in [0.25, 0.3) is 5.91 Å². The number of aryl methyl sites for hydroxylation is 1. The van der Waals surface area contributed by atoms with Gasteiger partial charge in [-0.1, -0.05) is 78.9 Å². The van der Waals surface area contributed by atoms with Gasteiger partial charge in [0.15, 0.2) is 0 Å². The van der Waals surface area contributed by atoms with E-state index in [4.69, 9.17) is 23.7 Å². The van der Waals surface area contributed by atoms with Crippen LogP contribution in [0.5, 0.6) is 17.2 Å². The lowest BCUT2D eigenvalue weighted by atomic mass is 9.80. The predicted octanol–water partition coefficient (Wildman–Crippen LogP) is 7.54. The number of hydrogen-bond donors (Lipinski definition) is 2. The SMILES string of the molecule is COc1ccc(C(OC[C@H]2O[C@@H](n3ccc(NC(=O)c4ccc(CCC(=O)Cc5ccc(O)cc5)cc4)nc3=O)C[C@H]2OC(=O)CCC(C)=O)(c2ccccc2)c2ccc(OC)cc2)cc1. The summed E-state index contributed by atoms with van der Waals surface area (Å²) in [7, 11) is 3.18. The Balaban J connectivity index is 1.08. The van der Waals surface area contributed by atoms with Crippen LogP contribution in [0.4, 0.5) is 5.82 Å². The van der Waals surface area contributed by atoms with E-state index in [0.717, 1.165) is 27.8 Å². The van der Waals surface area contributed by atoms with Crippen LogP contribution < -0.4 is 20.5 Å². The van der Waals surface area contributed by atoms with Crippen LogP contribution >= 0.6 is 0 Å². The lowest BCUT2D eigenvalue weighted by Crippen LogP contribution is -2.39. The summed E-state index contributed by atoms with van der Waals surface area (Å²) in [6.45, 7) is 1.29. The highest BCUT2D eigenvalue weighted by Crippen LogP contribution is 2.43. The maximum Gasteiger partial charge on any atom is 0.351 e. The highest BCUT2D eigenvalue weighted by Gasteiger charge is 2.44. The molecule has 0 saturated carbocycles. The zero-order valence-electron chi connectivity index (χ0n) is 36.9. The standard InChI is InChI=1S/C52H51N3O11/c1-34(56)9-28-49(59)66-45-32-48(55-30-29-47(54-51(55)61)53-50(60)37-15-10-35(11-16-37)12-23-42(58)31-36-13-21-41(57)22-14-36)65-46(45)33-64-52(38-7-5-4-6-8-38,39-17-24-43(62-2)25-18-39)40-19-26-44(63-3)27-20-40/h4-8,10-11,13-22,24-27,29-30,45-46,48,57H,9,12,23,28,31-33H2,1-3H3,(H,53,54,60,61)/t45-,46-,48-/m1/s1. The normalized spacial score (nSPS) is 15.7. The first-order valence-electron chi connectivity index (χ1n) is 21.6. The van der Waals surface area contributed by atoms with Crippen LogP contribution in [-0.2, 0) is 47.0 Å². The zero-order valence-corrected chi connectivity index (χ0v) is 36.9. The van der Waals surface area contributed by atoms with Gasteiger partial charge in [0, 0.05) is 37.4 Å². The van der Waals surface area contributed by atoms with Crippen LogP contribution in [0.25, 0.3) is 0 Å². The smallest absolute Gasteiger partial charge is 0.351 e. The molecule has 6 aromatic rings. The molecule has 1 amide bonds. The molecule has 14 heteroatoms. The molecule has 1 aromatic heterocycles. The van der Waals surface area contributed by atoms with Crippen LogP contribution in [0.1, 0.15) is 77.0 Å². The molecule has 14 nitrogen and oxygen atoms in total. The number of Topliss-reactive ketones (excluding diaryl/α,β-unsaturated/α-hetero) is 2. The van der Waals surface area contributed by atoms with Crippen molar-refractivity contribution in [3.63, 3.8) is 0 Å². The minimum absolute atomic E-state index is 0.00773. The van der Waals surface area contributed by atoms with Gasteiger partial charge in [-0.2, -0.15) is 4.98 Å². The average Bonchev–Trinajstić information content (AvgIpc) is 3.73. The van der Waals surface area contributed by atoms with E-state index in [9.17, 15) is 29.1 Å². The van der Waals surface area contributed by atoms with E-state index in [-0.39, 0.29) is 55.4 Å². The molecule has 3 atom stereocenters. The zero-order chi connectivity index (χ0) is 46.6. The van der Waals surface area contributed by atoms with E-state index in [1.54, 1.807) is 62.8 Å². The second-order valence-corrected chi connectivity index (χ2v) is 15.9. The molecule has 0 radical (unpaired) electrons. The van der Waals surface area contributed by atoms with Gasteiger partial charge in [0.2, 0.25) is 0 Å². The van der Waals surface area contributed by atoms with E-state index < -0.39 is 41.6 Å². The Morgan fingerprint density at radius 1 is 0.758 bits per heavy atom. The number of aromatic hydroxyl groups is 1. The number of phenolic OH excluding ortho intramolecular Hbond substituents is 1. The lowest BCUT2D eigenvalue weighted by Gasteiger charge is -2.37. The highest BCUT2D eigenvalue weighted by atomic mass is 16.6. The molecular weight excluding hydrogens is 843 g/mol. The van der Waals surface area contributed by atoms with Crippen LogP contribution in [0.15, 0.2) is 144 Å². The van der Waals surface area contributed by atoms with Crippen LogP contribution in [0, 0.1) is 0 Å². The van der Waals surface area contributed by atoms with Gasteiger partial charge >= 0.3 is 11.7 Å². The highest BCUT2D eigenvalue weighted by molar-refractivity contribution is 6.03. The number of amides is 1. The number of rotatable bonds is 20. The number of benzene rings is 5. The molecule has 1 fully saturated rings. The maximum absolute atomic E-state index is 13.6. The summed E-state index contributed by atoms with van der Waals surface area (Å²) in [5.41, 5.74) is 2.42. The molecule has 340 valence electrons. The molecule has 66 heavy (non-hydrogen) atoms. The molecule has 0 aliphatic carbocycles. The van der Waals surface area contributed by atoms with Crippen molar-refractivity contribution in [2.45, 2.75) is 69.5 Å². The Labute approximate surface area is 382 Å². The lowest BCUT2D eigenvalue weighted by molar-refractivity contribution is -0.156. The van der Waals surface area contributed by atoms with Crippen molar-refractivity contribution < 1.29 is 48.0 Å². The number of carbonyl (C=O) groups is 4. The molecule has 2 heterocycles. The Morgan fingerprint density at radius 3 is 1.95 bits per heavy atom. The molecule has 1 aliphatic rings. The fraction of sp³-hybridized carbons (Fsp3) is 0.269. The Bertz CT molecular complexity index is 2620. The number of esters is 1. The Kier molecular flexibility index (Phi) is 15.2. The molecular formula is C52H51N3O11. The van der Waals surface area contributed by atoms with Crippen LogP contribution in [0.2, 0.25) is 0 Å². The van der Waals surface area contributed by atoms with E-state index >= 15 is 0 Å². The summed E-state index contributed by atoms with van der Waals surface area (Å²) in [5.74, 6) is 0.267. The topological polar surface area (TPSA) is 182 Å². The molecule has 0 spiro atoms. The van der Waals surface area contributed by atoms with Crippen molar-refractivity contribution in [2.75, 3.05) is 26.1 Å². The number of ether oxygens (including phenoxy) is 5. The van der Waals surface area contributed by atoms with Gasteiger partial charge in [-0.25, -0.2) is 4.79 Å². The molecule has 7 rings (SSSR count). The average molecular weight is 894 g/mol. The van der Waals surface area contributed by atoms with Crippen molar-refractivity contribution in [2.24, 2.45) is 0 Å². The number of phenols is 1. The van der Waals surface area contributed by atoms with E-state index in [0.29, 0.717) is 29.9 Å². The first kappa shape index (κ1) is 46.6. The van der Waals surface area contributed by atoms with Crippen LogP contribution in [-0.4, -0.2) is 71.1 Å². The summed E-state index contributed by atoms with van der Waals surface area (Å²) < 4.78 is 31.8. The maximum atomic E-state index is 13.6. The minimum atomic E-state index is -1.22. The fourth-order valence-electron chi connectivity index (χ4n) is 7.86. The minimum Gasteiger partial charge on any atom is -0.508 e. The van der Waals surface area contributed by atoms with Gasteiger partial charge < -0.3 is 38.9 Å². The van der Waals surface area contributed by atoms with Crippen molar-refractivity contribution in [3.05, 3.63) is 184 Å². The number of ketones is 2. The van der Waals surface area contributed by atoms with E-state index in [2.05, 4.69) is 10.3 Å². The number of hydrogen-bond acceptors (Lipinski definition) is 12. The summed E-state index contributed by atoms with van der Waals surface area (Å²) in [4.78, 5) is 68.4. The van der Waals surface area contributed by atoms with Gasteiger partial charge in [0.1, 0.15) is 58.7 Å². The third-order valence-electron chi connectivity index (χ3n) is 11.4. The Morgan fingerprint density at radius 2 is 1.36 bits per heavy atom. The van der Waals surface area contributed by atoms with Gasteiger partial charge in [0.05, 0.1) is 27.2 Å². The van der Waals surface area contributed by atoms with Gasteiger partial charge in [-0.15, -0.1) is 0 Å². The number of anilines is 1. The Hall–Kier alpha value is -7.42. The molecule has 2 N–H and O–H groups in total. The van der Waals surface area contributed by atoms with E-state index in [1.165, 1.54) is 23.8 Å². The number of nitrogens with zero attached hydrogens (tertiary/aromatic N) is 2. The fourth-order valence-corrected chi connectivity index (χ4v) is 7.86. The largest absolute Gasteiger partial charge is 0.508 e. The number of methoxy groups -OCH3 is 2. The summed E-state index contributed by atoms with van der Waals surface area (Å²) in [5, 5.41) is 12.2. The molecule has 1 saturated heterocycles. The number of aromatic nitrogens is 2. The van der Waals surface area contributed by atoms with Crippen molar-refractivity contribution >= 4 is 29.3 Å².